The third-order valence-electron chi connectivity index (χ3n) is 12.5. The average Bonchev–Trinajstić information content (AvgIpc) is 4.09. The van der Waals surface area contributed by atoms with E-state index in [1.807, 2.05) is 24.3 Å². The predicted octanol–water partition coefficient (Wildman–Crippen LogP) is 5.28. The van der Waals surface area contributed by atoms with Gasteiger partial charge in [-0.25, -0.2) is 13.4 Å². The van der Waals surface area contributed by atoms with E-state index >= 15 is 0 Å². The number of carbonyl (C=O) groups excluding carboxylic acids is 4. The molecule has 52 heavy (non-hydrogen) atoms. The number of carbonyl (C=O) groups is 4. The van der Waals surface area contributed by atoms with Crippen molar-refractivity contribution in [2.75, 3.05) is 13.2 Å². The second-order valence-electron chi connectivity index (χ2n) is 16.2. The van der Waals surface area contributed by atoms with Crippen LogP contribution in [0.4, 0.5) is 0 Å². The molecule has 1 saturated heterocycles. The number of cyclic esters (lactones) is 1. The number of Topliss-reactive ketones (excluding diaryl/α,β-unsaturated/α-hetero) is 1. The number of nitrogens with zero attached hydrogens (tertiary/aromatic N) is 2. The maximum atomic E-state index is 14.7. The smallest absolute Gasteiger partial charge is 0.306 e. The van der Waals surface area contributed by atoms with E-state index in [-0.39, 0.29) is 54.7 Å². The van der Waals surface area contributed by atoms with Crippen molar-refractivity contribution < 1.29 is 37.1 Å². The highest BCUT2D eigenvalue weighted by atomic mass is 32.2. The molecular weight excluding hydrogens is 683 g/mol. The topological polar surface area (TPSA) is 149 Å². The summed E-state index contributed by atoms with van der Waals surface area (Å²) in [7, 11) is -3.83. The van der Waals surface area contributed by atoms with Gasteiger partial charge in [-0.1, -0.05) is 43.2 Å². The van der Waals surface area contributed by atoms with Crippen molar-refractivity contribution in [3.8, 4) is 5.88 Å². The number of hydrogen-bond donors (Lipinski definition) is 1. The lowest BCUT2D eigenvalue weighted by atomic mass is 9.86. The van der Waals surface area contributed by atoms with E-state index in [2.05, 4.69) is 28.4 Å². The van der Waals surface area contributed by atoms with Crippen molar-refractivity contribution in [1.29, 1.82) is 0 Å². The molecule has 276 valence electrons. The zero-order valence-electron chi connectivity index (χ0n) is 29.5. The molecular formula is C40H47N3O8S. The number of hydrogen-bond acceptors (Lipinski definition) is 9. The predicted molar refractivity (Wildman–Crippen MR) is 193 cm³/mol. The molecule has 5 atom stereocenters. The molecule has 1 aromatic carbocycles. The fraction of sp³-hybridized carbons (Fsp3) is 0.575. The Kier molecular flexibility index (Phi) is 9.03. The lowest BCUT2D eigenvalue weighted by Crippen LogP contribution is -2.47. The summed E-state index contributed by atoms with van der Waals surface area (Å²) >= 11 is 0. The van der Waals surface area contributed by atoms with Gasteiger partial charge >= 0.3 is 5.97 Å². The third-order valence-corrected chi connectivity index (χ3v) is 14.4. The zero-order valence-corrected chi connectivity index (χ0v) is 30.3. The molecule has 0 radical (unpaired) electrons. The van der Waals surface area contributed by atoms with Crippen molar-refractivity contribution >= 4 is 50.4 Å². The summed E-state index contributed by atoms with van der Waals surface area (Å²) in [6, 6.07) is 7.05. The molecule has 4 bridgehead atoms. The molecule has 12 heteroatoms. The normalized spacial score (nSPS) is 31.0. The first-order valence-corrected chi connectivity index (χ1v) is 20.4. The Labute approximate surface area is 304 Å². The van der Waals surface area contributed by atoms with Gasteiger partial charge in [0.05, 0.1) is 42.2 Å². The van der Waals surface area contributed by atoms with Crippen molar-refractivity contribution in [2.45, 2.75) is 101 Å². The first-order valence-electron chi connectivity index (χ1n) is 18.9. The molecule has 8 rings (SSSR count). The Hall–Kier alpha value is -4.06. The summed E-state index contributed by atoms with van der Waals surface area (Å²) in [5.41, 5.74) is -0.373. The second-order valence-corrected chi connectivity index (χ2v) is 18.2. The number of rotatable bonds is 8. The summed E-state index contributed by atoms with van der Waals surface area (Å²) in [6.07, 6.45) is 14.3. The first-order chi connectivity index (χ1) is 25.0. The molecule has 11 nitrogen and oxygen atoms in total. The van der Waals surface area contributed by atoms with E-state index in [4.69, 9.17) is 9.47 Å². The Balaban J connectivity index is 1.12. The maximum Gasteiger partial charge on any atom is 0.306 e. The Morgan fingerprint density at radius 3 is 2.60 bits per heavy atom. The Bertz CT molecular complexity index is 1950. The van der Waals surface area contributed by atoms with Crippen LogP contribution in [0.25, 0.3) is 16.8 Å². The number of ketones is 1. The number of fused-ring (bicyclic) bond motifs is 3. The van der Waals surface area contributed by atoms with Gasteiger partial charge in [0.1, 0.15) is 6.10 Å². The standard InChI is InChI=1S/C40H47N3O8S/c1-2-28-21-40(28,38(47)42-52(48,49)30-11-12-30)22-34(44)33-19-29-23-43(33)37(46)32(26-7-3-4-8-26)20-35(45)50-24-39(15-16-39)14-5-6-25-9-10-27-13-17-41-36(51-29)31(27)18-25/h2,5-6,9-10,13,17-18,26,28-30,32-33H,1,3-4,7-8,11-12,14-16,19-24H2,(H,42,47)/b6-5+/t28-,29+,32-,33-,40+/m0/s1. The van der Waals surface area contributed by atoms with Crippen LogP contribution in [0.1, 0.15) is 89.0 Å². The van der Waals surface area contributed by atoms with Gasteiger partial charge in [0, 0.05) is 29.8 Å². The van der Waals surface area contributed by atoms with Crippen LogP contribution in [0, 0.1) is 28.6 Å². The molecule has 2 amide bonds. The zero-order chi connectivity index (χ0) is 36.3. The van der Waals surface area contributed by atoms with Gasteiger partial charge in [-0.05, 0) is 86.3 Å². The molecule has 2 aromatic rings. The number of aromatic nitrogens is 1. The number of ether oxygens (including phenoxy) is 2. The van der Waals surface area contributed by atoms with E-state index < -0.39 is 50.6 Å². The molecule has 5 fully saturated rings. The second kappa shape index (κ2) is 13.4. The molecule has 1 aromatic heterocycles. The minimum atomic E-state index is -3.83. The Morgan fingerprint density at radius 2 is 1.88 bits per heavy atom. The summed E-state index contributed by atoms with van der Waals surface area (Å²) in [4.78, 5) is 62.3. The molecule has 2 aliphatic heterocycles. The molecule has 6 aliphatic rings. The van der Waals surface area contributed by atoms with E-state index in [1.165, 1.54) is 0 Å². The minimum absolute atomic E-state index is 0.0179. The van der Waals surface area contributed by atoms with Crippen molar-refractivity contribution in [2.24, 2.45) is 28.6 Å². The quantitative estimate of drug-likeness (QED) is 0.283. The van der Waals surface area contributed by atoms with Crippen molar-refractivity contribution in [1.82, 2.24) is 14.6 Å². The van der Waals surface area contributed by atoms with Gasteiger partial charge < -0.3 is 14.4 Å². The molecule has 3 heterocycles. The molecule has 4 aliphatic carbocycles. The number of esters is 1. The number of amides is 2. The maximum absolute atomic E-state index is 14.7. The van der Waals surface area contributed by atoms with Crippen LogP contribution in [0.5, 0.6) is 5.88 Å². The van der Waals surface area contributed by atoms with Gasteiger partial charge in [-0.15, -0.1) is 6.58 Å². The van der Waals surface area contributed by atoms with Gasteiger partial charge in [-0.3, -0.25) is 23.9 Å². The van der Waals surface area contributed by atoms with Crippen LogP contribution in [0.15, 0.2) is 49.2 Å². The van der Waals surface area contributed by atoms with Crippen molar-refractivity contribution in [3.63, 3.8) is 0 Å². The minimum Gasteiger partial charge on any atom is -0.472 e. The monoisotopic (exact) mass is 729 g/mol. The number of nitrogens with one attached hydrogen (secondary N) is 1. The van der Waals surface area contributed by atoms with Crippen LogP contribution in [-0.2, 0) is 33.9 Å². The fourth-order valence-corrected chi connectivity index (χ4v) is 10.2. The molecule has 1 spiro atoms. The lowest BCUT2D eigenvalue weighted by molar-refractivity contribution is -0.153. The molecule has 1 N–H and O–H groups in total. The number of allylic oxidation sites excluding steroid dienone is 2. The highest BCUT2D eigenvalue weighted by Crippen LogP contribution is 2.57. The van der Waals surface area contributed by atoms with Crippen LogP contribution in [0.3, 0.4) is 0 Å². The van der Waals surface area contributed by atoms with Crippen LogP contribution < -0.4 is 9.46 Å². The lowest BCUT2D eigenvalue weighted by Gasteiger charge is -2.31. The van der Waals surface area contributed by atoms with E-state index in [1.54, 1.807) is 17.2 Å². The molecule has 0 unspecified atom stereocenters. The summed E-state index contributed by atoms with van der Waals surface area (Å²) in [6.45, 7) is 4.25. The van der Waals surface area contributed by atoms with Gasteiger partial charge in [0.15, 0.2) is 5.78 Å². The summed E-state index contributed by atoms with van der Waals surface area (Å²) in [5, 5.41) is 1.17. The number of benzene rings is 1. The SMILES string of the molecule is C=C[C@H]1C[C@]1(CC(=O)[C@@H]1C[C@@H]2CN1C(=O)[C@H](C1CCCC1)CC(=O)OCC1(C/C=C/c3ccc4ccnc(c4c3)O2)CC1)C(=O)NS(=O)(=O)C1CC1. The average molecular weight is 730 g/mol. The van der Waals surface area contributed by atoms with Crippen LogP contribution in [0.2, 0.25) is 0 Å². The van der Waals surface area contributed by atoms with Crippen molar-refractivity contribution in [3.05, 3.63) is 54.8 Å². The third kappa shape index (κ3) is 6.90. The van der Waals surface area contributed by atoms with Gasteiger partial charge in [-0.2, -0.15) is 0 Å². The largest absolute Gasteiger partial charge is 0.472 e. The molecule has 4 saturated carbocycles. The van der Waals surface area contributed by atoms with E-state index in [9.17, 15) is 27.6 Å². The first kappa shape index (κ1) is 35.0. The van der Waals surface area contributed by atoms with E-state index in [0.29, 0.717) is 31.7 Å². The summed E-state index contributed by atoms with van der Waals surface area (Å²) in [5.74, 6) is -2.35. The number of pyridine rings is 1. The van der Waals surface area contributed by atoms with Crippen LogP contribution in [-0.4, -0.2) is 72.4 Å². The summed E-state index contributed by atoms with van der Waals surface area (Å²) < 4.78 is 40.2. The highest BCUT2D eigenvalue weighted by molar-refractivity contribution is 7.90. The Morgan fingerprint density at radius 1 is 1.10 bits per heavy atom. The van der Waals surface area contributed by atoms with Gasteiger partial charge in [0.2, 0.25) is 27.7 Å². The van der Waals surface area contributed by atoms with Gasteiger partial charge in [0.25, 0.3) is 0 Å². The fourth-order valence-electron chi connectivity index (χ4n) is 8.78. The highest BCUT2D eigenvalue weighted by Gasteiger charge is 2.61. The van der Waals surface area contributed by atoms with Crippen LogP contribution >= 0.6 is 0 Å². The van der Waals surface area contributed by atoms with E-state index in [0.717, 1.165) is 61.3 Å². The number of sulfonamides is 1.